The Labute approximate surface area is 156 Å². The second-order valence-electron chi connectivity index (χ2n) is 5.79. The summed E-state index contributed by atoms with van der Waals surface area (Å²) in [6, 6.07) is 16.6. The van der Waals surface area contributed by atoms with Crippen molar-refractivity contribution in [1.82, 2.24) is 5.43 Å². The van der Waals surface area contributed by atoms with Gasteiger partial charge in [-0.2, -0.15) is 5.10 Å². The molecule has 0 saturated heterocycles. The van der Waals surface area contributed by atoms with Gasteiger partial charge < -0.3 is 4.74 Å². The normalized spacial score (nSPS) is 16.7. The summed E-state index contributed by atoms with van der Waals surface area (Å²) < 4.78 is 5.10. The van der Waals surface area contributed by atoms with E-state index in [-0.39, 0.29) is 18.1 Å². The van der Waals surface area contributed by atoms with Crippen LogP contribution in [0.4, 0.5) is 0 Å². The van der Waals surface area contributed by atoms with Gasteiger partial charge in [-0.1, -0.05) is 48.5 Å². The predicted molar refractivity (Wildman–Crippen MR) is 103 cm³/mol. The van der Waals surface area contributed by atoms with Crippen molar-refractivity contribution in [3.63, 3.8) is 0 Å². The first kappa shape index (κ1) is 18.2. The molecule has 0 aliphatic carbocycles. The Bertz CT molecular complexity index is 821. The highest BCUT2D eigenvalue weighted by molar-refractivity contribution is 7.99. The SMILES string of the molecule is CCOC(=O)/C(Cc1ccccc1)=N\N[C@@H]1CSc2ccccc2C1=O. The van der Waals surface area contributed by atoms with Gasteiger partial charge in [-0.25, -0.2) is 4.79 Å². The molecule has 0 saturated carbocycles. The van der Waals surface area contributed by atoms with E-state index in [2.05, 4.69) is 10.5 Å². The van der Waals surface area contributed by atoms with E-state index in [0.717, 1.165) is 10.5 Å². The lowest BCUT2D eigenvalue weighted by Crippen LogP contribution is -2.39. The van der Waals surface area contributed by atoms with Gasteiger partial charge in [-0.05, 0) is 18.6 Å². The zero-order chi connectivity index (χ0) is 18.4. The first-order valence-electron chi connectivity index (χ1n) is 8.48. The molecule has 1 aliphatic rings. The number of carbonyl (C=O) groups is 2. The van der Waals surface area contributed by atoms with E-state index in [9.17, 15) is 9.59 Å². The van der Waals surface area contributed by atoms with Crippen LogP contribution in [0.1, 0.15) is 22.8 Å². The van der Waals surface area contributed by atoms with Gasteiger partial charge in [-0.3, -0.25) is 10.2 Å². The average Bonchev–Trinajstić information content (AvgIpc) is 2.67. The quantitative estimate of drug-likeness (QED) is 0.482. The Kier molecular flexibility index (Phi) is 6.07. The van der Waals surface area contributed by atoms with Crippen LogP contribution in [0, 0.1) is 0 Å². The van der Waals surface area contributed by atoms with Crippen LogP contribution in [-0.4, -0.2) is 35.9 Å². The maximum atomic E-state index is 12.6. The summed E-state index contributed by atoms with van der Waals surface area (Å²) in [4.78, 5) is 25.8. The van der Waals surface area contributed by atoms with E-state index in [1.54, 1.807) is 18.7 Å². The Morgan fingerprint density at radius 1 is 1.19 bits per heavy atom. The van der Waals surface area contributed by atoms with E-state index >= 15 is 0 Å². The fourth-order valence-electron chi connectivity index (χ4n) is 2.65. The third kappa shape index (κ3) is 4.32. The number of hydrogen-bond acceptors (Lipinski definition) is 6. The molecule has 5 nitrogen and oxygen atoms in total. The Hall–Kier alpha value is -2.60. The third-order valence-corrected chi connectivity index (χ3v) is 5.12. The monoisotopic (exact) mass is 368 g/mol. The van der Waals surface area contributed by atoms with E-state index in [1.165, 1.54) is 0 Å². The van der Waals surface area contributed by atoms with Gasteiger partial charge in [0.05, 0.1) is 6.61 Å². The Morgan fingerprint density at radius 3 is 2.69 bits per heavy atom. The number of esters is 1. The van der Waals surface area contributed by atoms with Crippen molar-refractivity contribution in [3.8, 4) is 0 Å². The lowest BCUT2D eigenvalue weighted by atomic mass is 10.1. The number of thioether (sulfide) groups is 1. The summed E-state index contributed by atoms with van der Waals surface area (Å²) in [7, 11) is 0. The highest BCUT2D eigenvalue weighted by Gasteiger charge is 2.27. The highest BCUT2D eigenvalue weighted by atomic mass is 32.2. The van der Waals surface area contributed by atoms with Gasteiger partial charge >= 0.3 is 5.97 Å². The lowest BCUT2D eigenvalue weighted by Gasteiger charge is -2.22. The largest absolute Gasteiger partial charge is 0.461 e. The molecule has 26 heavy (non-hydrogen) atoms. The molecule has 0 amide bonds. The van der Waals surface area contributed by atoms with Crippen molar-refractivity contribution in [2.45, 2.75) is 24.3 Å². The minimum atomic E-state index is -0.472. The van der Waals surface area contributed by atoms with Gasteiger partial charge in [-0.15, -0.1) is 11.8 Å². The summed E-state index contributed by atoms with van der Waals surface area (Å²) in [5.74, 6) is 0.0898. The van der Waals surface area contributed by atoms with Crippen molar-refractivity contribution in [2.24, 2.45) is 5.10 Å². The second kappa shape index (κ2) is 8.67. The van der Waals surface area contributed by atoms with Gasteiger partial charge in [0, 0.05) is 22.6 Å². The average molecular weight is 368 g/mol. The molecule has 0 fully saturated rings. The highest BCUT2D eigenvalue weighted by Crippen LogP contribution is 2.29. The predicted octanol–water partition coefficient (Wildman–Crippen LogP) is 3.10. The zero-order valence-corrected chi connectivity index (χ0v) is 15.3. The summed E-state index contributed by atoms with van der Waals surface area (Å²) in [6.07, 6.45) is 0.345. The number of Topliss-reactive ketones (excluding diaryl/α,β-unsaturated/α-hetero) is 1. The molecule has 0 unspecified atom stereocenters. The first-order chi connectivity index (χ1) is 12.7. The Balaban J connectivity index is 1.76. The van der Waals surface area contributed by atoms with Crippen molar-refractivity contribution in [3.05, 3.63) is 65.7 Å². The maximum absolute atomic E-state index is 12.6. The summed E-state index contributed by atoms with van der Waals surface area (Å²) in [5.41, 5.74) is 4.79. The second-order valence-corrected chi connectivity index (χ2v) is 6.86. The van der Waals surface area contributed by atoms with Crippen LogP contribution in [0.3, 0.4) is 0 Å². The van der Waals surface area contributed by atoms with Crippen LogP contribution in [0.25, 0.3) is 0 Å². The molecule has 134 valence electrons. The number of benzene rings is 2. The molecule has 0 bridgehead atoms. The fraction of sp³-hybridized carbons (Fsp3) is 0.250. The van der Waals surface area contributed by atoms with Crippen molar-refractivity contribution < 1.29 is 14.3 Å². The molecule has 3 rings (SSSR count). The molecule has 0 aromatic heterocycles. The molecule has 1 heterocycles. The molecule has 1 N–H and O–H groups in total. The number of nitrogens with zero attached hydrogens (tertiary/aromatic N) is 1. The summed E-state index contributed by atoms with van der Waals surface area (Å²) in [6.45, 7) is 2.03. The number of hydrazone groups is 1. The molecule has 0 spiro atoms. The number of ketones is 1. The van der Waals surface area contributed by atoms with E-state index < -0.39 is 12.0 Å². The van der Waals surface area contributed by atoms with Crippen molar-refractivity contribution in [1.29, 1.82) is 0 Å². The maximum Gasteiger partial charge on any atom is 0.354 e. The smallest absolute Gasteiger partial charge is 0.354 e. The van der Waals surface area contributed by atoms with Crippen LogP contribution < -0.4 is 5.43 Å². The van der Waals surface area contributed by atoms with E-state index in [0.29, 0.717) is 17.7 Å². The molecular weight excluding hydrogens is 348 g/mol. The summed E-state index contributed by atoms with van der Waals surface area (Å²) in [5, 5.41) is 4.24. The fourth-order valence-corrected chi connectivity index (χ4v) is 3.72. The standard InChI is InChI=1S/C20H20N2O3S/c1-2-25-20(24)16(12-14-8-4-3-5-9-14)21-22-17-13-26-18-11-7-6-10-15(18)19(17)23/h3-11,17,22H,2,12-13H2,1H3/b21-16-/t17-/m1/s1. The van der Waals surface area contributed by atoms with Gasteiger partial charge in [0.25, 0.3) is 0 Å². The van der Waals surface area contributed by atoms with Gasteiger partial charge in [0.1, 0.15) is 11.8 Å². The van der Waals surface area contributed by atoms with Crippen LogP contribution in [-0.2, 0) is 16.0 Å². The molecular formula is C20H20N2O3S. The minimum absolute atomic E-state index is 0.00831. The number of ether oxygens (including phenoxy) is 1. The van der Waals surface area contributed by atoms with Crippen LogP contribution >= 0.6 is 11.8 Å². The number of hydrogen-bond donors (Lipinski definition) is 1. The number of nitrogens with one attached hydrogen (secondary N) is 1. The molecule has 6 heteroatoms. The molecule has 0 radical (unpaired) electrons. The topological polar surface area (TPSA) is 67.8 Å². The van der Waals surface area contributed by atoms with Crippen LogP contribution in [0.15, 0.2) is 64.6 Å². The minimum Gasteiger partial charge on any atom is -0.461 e. The van der Waals surface area contributed by atoms with E-state index in [4.69, 9.17) is 4.74 Å². The zero-order valence-electron chi connectivity index (χ0n) is 14.5. The molecule has 1 aliphatic heterocycles. The Morgan fingerprint density at radius 2 is 1.92 bits per heavy atom. The molecule has 2 aromatic rings. The number of fused-ring (bicyclic) bond motifs is 1. The van der Waals surface area contributed by atoms with Crippen molar-refractivity contribution >= 4 is 29.2 Å². The van der Waals surface area contributed by atoms with Crippen LogP contribution in [0.2, 0.25) is 0 Å². The van der Waals surface area contributed by atoms with Crippen LogP contribution in [0.5, 0.6) is 0 Å². The van der Waals surface area contributed by atoms with E-state index in [1.807, 2.05) is 54.6 Å². The molecule has 2 aromatic carbocycles. The lowest BCUT2D eigenvalue weighted by molar-refractivity contribution is -0.135. The number of rotatable bonds is 6. The van der Waals surface area contributed by atoms with Gasteiger partial charge in [0.2, 0.25) is 0 Å². The number of carbonyl (C=O) groups excluding carboxylic acids is 2. The van der Waals surface area contributed by atoms with Crippen molar-refractivity contribution in [2.75, 3.05) is 12.4 Å². The third-order valence-electron chi connectivity index (χ3n) is 3.96. The first-order valence-corrected chi connectivity index (χ1v) is 9.46. The molecule has 1 atom stereocenters. The van der Waals surface area contributed by atoms with Gasteiger partial charge in [0.15, 0.2) is 5.78 Å². The summed E-state index contributed by atoms with van der Waals surface area (Å²) >= 11 is 1.61.